The Kier molecular flexibility index (Phi) is 4.71. The smallest absolute Gasteiger partial charge is 0.256 e. The highest BCUT2D eigenvalue weighted by molar-refractivity contribution is 6.05. The lowest BCUT2D eigenvalue weighted by Crippen LogP contribution is -2.43. The van der Waals surface area contributed by atoms with Gasteiger partial charge in [-0.05, 0) is 37.3 Å². The molecule has 0 saturated carbocycles. The first-order valence-electron chi connectivity index (χ1n) is 9.19. The lowest BCUT2D eigenvalue weighted by atomic mass is 9.92. The molecule has 0 unspecified atom stereocenters. The number of H-pyrrole nitrogens is 1. The van der Waals surface area contributed by atoms with E-state index < -0.39 is 0 Å². The van der Waals surface area contributed by atoms with Crippen molar-refractivity contribution >= 4 is 17.4 Å². The number of carbonyl (C=O) groups excluding carboxylic acids is 1. The lowest BCUT2D eigenvalue weighted by molar-refractivity contribution is 0.102. The van der Waals surface area contributed by atoms with Crippen LogP contribution in [0.4, 0.5) is 11.5 Å². The number of nitrogens with zero attached hydrogens (tertiary/aromatic N) is 2. The second-order valence-corrected chi connectivity index (χ2v) is 6.81. The minimum atomic E-state index is -0.230. The Labute approximate surface area is 151 Å². The van der Waals surface area contributed by atoms with Crippen molar-refractivity contribution in [1.29, 1.82) is 0 Å². The number of amides is 1. The predicted octanol–water partition coefficient (Wildman–Crippen LogP) is 1.31. The van der Waals surface area contributed by atoms with Crippen molar-refractivity contribution in [3.63, 3.8) is 0 Å². The highest BCUT2D eigenvalue weighted by Crippen LogP contribution is 2.23. The van der Waals surface area contributed by atoms with Crippen molar-refractivity contribution in [1.82, 2.24) is 15.3 Å². The normalized spacial score (nSPS) is 16.8. The van der Waals surface area contributed by atoms with E-state index in [1.807, 2.05) is 6.07 Å². The van der Waals surface area contributed by atoms with Gasteiger partial charge in [-0.3, -0.25) is 9.59 Å². The molecule has 3 heterocycles. The highest BCUT2D eigenvalue weighted by Gasteiger charge is 2.20. The van der Waals surface area contributed by atoms with Crippen molar-refractivity contribution in [2.45, 2.75) is 25.7 Å². The van der Waals surface area contributed by atoms with Crippen LogP contribution in [0.2, 0.25) is 0 Å². The molecule has 2 aliphatic rings. The summed E-state index contributed by atoms with van der Waals surface area (Å²) >= 11 is 0. The average Bonchev–Trinajstić information content (AvgIpc) is 2.68. The van der Waals surface area contributed by atoms with Crippen LogP contribution in [0, 0.1) is 0 Å². The third kappa shape index (κ3) is 3.48. The second kappa shape index (κ2) is 7.29. The molecule has 7 nitrogen and oxygen atoms in total. The molecule has 1 aliphatic heterocycles. The van der Waals surface area contributed by atoms with Crippen molar-refractivity contribution in [3.05, 3.63) is 51.6 Å². The van der Waals surface area contributed by atoms with Crippen LogP contribution in [0.5, 0.6) is 0 Å². The first-order chi connectivity index (χ1) is 12.7. The van der Waals surface area contributed by atoms with Crippen molar-refractivity contribution in [2.75, 3.05) is 36.4 Å². The van der Waals surface area contributed by atoms with Gasteiger partial charge in [0.1, 0.15) is 5.82 Å². The van der Waals surface area contributed by atoms with Crippen LogP contribution in [-0.2, 0) is 12.8 Å². The third-order valence-electron chi connectivity index (χ3n) is 5.03. The quantitative estimate of drug-likeness (QED) is 0.774. The fourth-order valence-electron chi connectivity index (χ4n) is 3.71. The Morgan fingerprint density at radius 1 is 1.15 bits per heavy atom. The van der Waals surface area contributed by atoms with Gasteiger partial charge in [0.25, 0.3) is 5.91 Å². The van der Waals surface area contributed by atoms with E-state index >= 15 is 0 Å². The van der Waals surface area contributed by atoms with Crippen LogP contribution in [-0.4, -0.2) is 42.1 Å². The van der Waals surface area contributed by atoms with Crippen molar-refractivity contribution in [3.8, 4) is 0 Å². The first-order valence-corrected chi connectivity index (χ1v) is 9.19. The summed E-state index contributed by atoms with van der Waals surface area (Å²) in [5.41, 5.74) is 2.86. The van der Waals surface area contributed by atoms with E-state index in [4.69, 9.17) is 0 Å². The van der Waals surface area contributed by atoms with E-state index in [2.05, 4.69) is 25.5 Å². The summed E-state index contributed by atoms with van der Waals surface area (Å²) in [5.74, 6) is 0.629. The third-order valence-corrected chi connectivity index (χ3v) is 5.03. The van der Waals surface area contributed by atoms with E-state index in [9.17, 15) is 9.59 Å². The number of fused-ring (bicyclic) bond motifs is 1. The van der Waals surface area contributed by atoms with Gasteiger partial charge in [0.05, 0.1) is 5.56 Å². The van der Waals surface area contributed by atoms with Gasteiger partial charge >= 0.3 is 0 Å². The SMILES string of the molecule is O=C(Nc1ccnc(N2CCNCC2)c1)c1cc(=O)[nH]c2c1CCCC2. The van der Waals surface area contributed by atoms with E-state index in [0.717, 1.165) is 68.9 Å². The van der Waals surface area contributed by atoms with Crippen LogP contribution < -0.4 is 21.1 Å². The predicted molar refractivity (Wildman–Crippen MR) is 101 cm³/mol. The number of pyridine rings is 2. The molecule has 136 valence electrons. The summed E-state index contributed by atoms with van der Waals surface area (Å²) in [6.45, 7) is 3.65. The molecular formula is C19H23N5O2. The largest absolute Gasteiger partial charge is 0.354 e. The van der Waals surface area contributed by atoms with Crippen LogP contribution in [0.25, 0.3) is 0 Å². The molecule has 2 aromatic heterocycles. The maximum atomic E-state index is 12.8. The van der Waals surface area contributed by atoms with Gasteiger partial charge in [-0.15, -0.1) is 0 Å². The molecule has 3 N–H and O–H groups in total. The van der Waals surface area contributed by atoms with Gasteiger partial charge < -0.3 is 20.5 Å². The molecule has 2 aromatic rings. The highest BCUT2D eigenvalue weighted by atomic mass is 16.2. The Bertz CT molecular complexity index is 870. The lowest BCUT2D eigenvalue weighted by Gasteiger charge is -2.28. The Hall–Kier alpha value is -2.67. The number of aromatic nitrogens is 2. The van der Waals surface area contributed by atoms with Crippen LogP contribution in [0.3, 0.4) is 0 Å². The zero-order chi connectivity index (χ0) is 17.9. The molecule has 1 aliphatic carbocycles. The minimum Gasteiger partial charge on any atom is -0.354 e. The van der Waals surface area contributed by atoms with Gasteiger partial charge in [-0.2, -0.15) is 0 Å². The topological polar surface area (TPSA) is 90.1 Å². The maximum absolute atomic E-state index is 12.8. The summed E-state index contributed by atoms with van der Waals surface area (Å²) < 4.78 is 0. The van der Waals surface area contributed by atoms with Crippen molar-refractivity contribution in [2.24, 2.45) is 0 Å². The van der Waals surface area contributed by atoms with E-state index in [1.54, 1.807) is 12.3 Å². The number of carbonyl (C=O) groups is 1. The van der Waals surface area contributed by atoms with Gasteiger partial charge in [0, 0.05) is 55.9 Å². The summed E-state index contributed by atoms with van der Waals surface area (Å²) in [7, 11) is 0. The molecule has 7 heteroatoms. The number of nitrogens with one attached hydrogen (secondary N) is 3. The number of anilines is 2. The summed E-state index contributed by atoms with van der Waals surface area (Å²) in [5, 5.41) is 6.26. The number of hydrogen-bond acceptors (Lipinski definition) is 5. The van der Waals surface area contributed by atoms with Crippen LogP contribution in [0.15, 0.2) is 29.2 Å². The van der Waals surface area contributed by atoms with Gasteiger partial charge in [0.15, 0.2) is 0 Å². The zero-order valence-corrected chi connectivity index (χ0v) is 14.7. The maximum Gasteiger partial charge on any atom is 0.256 e. The first kappa shape index (κ1) is 16.8. The summed E-state index contributed by atoms with van der Waals surface area (Å²) in [6, 6.07) is 5.09. The molecule has 0 bridgehead atoms. The Morgan fingerprint density at radius 2 is 1.96 bits per heavy atom. The van der Waals surface area contributed by atoms with Crippen molar-refractivity contribution < 1.29 is 4.79 Å². The van der Waals surface area contributed by atoms with Gasteiger partial charge in [-0.1, -0.05) is 0 Å². The van der Waals surface area contributed by atoms with Gasteiger partial charge in [-0.25, -0.2) is 4.98 Å². The fourth-order valence-corrected chi connectivity index (χ4v) is 3.71. The number of hydrogen-bond donors (Lipinski definition) is 3. The van der Waals surface area contributed by atoms with E-state index in [0.29, 0.717) is 11.3 Å². The number of aromatic amines is 1. The zero-order valence-electron chi connectivity index (χ0n) is 14.7. The molecule has 1 amide bonds. The Balaban J connectivity index is 1.57. The number of aryl methyl sites for hydroxylation is 1. The second-order valence-electron chi connectivity index (χ2n) is 6.81. The minimum absolute atomic E-state index is 0.216. The van der Waals surface area contributed by atoms with E-state index in [-0.39, 0.29) is 11.5 Å². The average molecular weight is 353 g/mol. The molecule has 26 heavy (non-hydrogen) atoms. The molecule has 4 rings (SSSR count). The summed E-state index contributed by atoms with van der Waals surface area (Å²) in [6.07, 6.45) is 5.46. The molecule has 0 spiro atoms. The fraction of sp³-hybridized carbons (Fsp3) is 0.421. The monoisotopic (exact) mass is 353 g/mol. The van der Waals surface area contributed by atoms with E-state index in [1.165, 1.54) is 6.07 Å². The molecular weight excluding hydrogens is 330 g/mol. The van der Waals surface area contributed by atoms with Crippen LogP contribution in [0.1, 0.15) is 34.5 Å². The molecule has 0 radical (unpaired) electrons. The number of rotatable bonds is 3. The molecule has 1 saturated heterocycles. The summed E-state index contributed by atoms with van der Waals surface area (Å²) in [4.78, 5) is 34.2. The van der Waals surface area contributed by atoms with Gasteiger partial charge in [0.2, 0.25) is 5.56 Å². The van der Waals surface area contributed by atoms with Crippen LogP contribution >= 0.6 is 0 Å². The molecule has 0 aromatic carbocycles. The standard InChI is InChI=1S/C19H23N5O2/c25-18-12-15(14-3-1-2-4-16(14)23-18)19(26)22-13-5-6-21-17(11-13)24-9-7-20-8-10-24/h5-6,11-12,20H,1-4,7-10H2,(H,23,25)(H,21,22,26). The number of piperazine rings is 1. The Morgan fingerprint density at radius 3 is 2.81 bits per heavy atom. The molecule has 1 fully saturated rings. The molecule has 0 atom stereocenters.